The average molecular weight is 485 g/mol. The zero-order valence-electron chi connectivity index (χ0n) is 18.6. The van der Waals surface area contributed by atoms with Crippen molar-refractivity contribution in [3.05, 3.63) is 82.3 Å². The third-order valence-corrected chi connectivity index (χ3v) is 7.97. The summed E-state index contributed by atoms with van der Waals surface area (Å²) in [5, 5.41) is 6.94. The van der Waals surface area contributed by atoms with Gasteiger partial charge >= 0.3 is 5.97 Å². The number of allylic oxidation sites excluding steroid dienone is 2. The number of hydrogen-bond acceptors (Lipinski definition) is 8. The Morgan fingerprint density at radius 3 is 2.61 bits per heavy atom. The highest BCUT2D eigenvalue weighted by Crippen LogP contribution is 2.35. The lowest BCUT2D eigenvalue weighted by molar-refractivity contribution is 0.0601. The number of rotatable bonds is 6. The summed E-state index contributed by atoms with van der Waals surface area (Å²) in [7, 11) is -2.57. The van der Waals surface area contributed by atoms with Gasteiger partial charge < -0.3 is 15.4 Å². The molecular weight excluding hydrogens is 460 g/mol. The van der Waals surface area contributed by atoms with E-state index in [-0.39, 0.29) is 16.5 Å². The van der Waals surface area contributed by atoms with Crippen molar-refractivity contribution in [2.45, 2.75) is 31.2 Å². The first kappa shape index (κ1) is 22.8. The molecule has 8 nitrogen and oxygen atoms in total. The minimum atomic E-state index is -3.89. The Bertz CT molecular complexity index is 1340. The van der Waals surface area contributed by atoms with E-state index in [4.69, 9.17) is 9.73 Å². The van der Waals surface area contributed by atoms with Crippen LogP contribution in [0.15, 0.2) is 76.2 Å². The maximum Gasteiger partial charge on any atom is 0.341 e. The Morgan fingerprint density at radius 1 is 1.18 bits per heavy atom. The lowest BCUT2D eigenvalue weighted by Gasteiger charge is -2.36. The van der Waals surface area contributed by atoms with Crippen LogP contribution in [0.1, 0.15) is 27.7 Å². The standard InChI is InChI=1S/C23H24N4O4S2/c1-14-15(2)32-21(18(14)22(28)31-4)25-19-20(26-23(3)13-9-8-12-17(23)24-19)27-33(29,30)16-10-6-5-7-11-16/h5-13,25-27H,1-4H3. The van der Waals surface area contributed by atoms with E-state index >= 15 is 0 Å². The summed E-state index contributed by atoms with van der Waals surface area (Å²) in [4.78, 5) is 18.2. The molecule has 1 aliphatic carbocycles. The molecule has 0 saturated carbocycles. The lowest BCUT2D eigenvalue weighted by Crippen LogP contribution is -2.53. The average Bonchev–Trinajstić information content (AvgIpc) is 3.07. The van der Waals surface area contributed by atoms with E-state index in [0.29, 0.717) is 16.3 Å². The van der Waals surface area contributed by atoms with Gasteiger partial charge in [0.1, 0.15) is 5.00 Å². The molecule has 2 aliphatic rings. The molecule has 1 aromatic heterocycles. The maximum atomic E-state index is 13.1. The summed E-state index contributed by atoms with van der Waals surface area (Å²) in [5.74, 6) is -0.0639. The summed E-state index contributed by atoms with van der Waals surface area (Å²) < 4.78 is 33.7. The van der Waals surface area contributed by atoms with Gasteiger partial charge in [-0.1, -0.05) is 36.4 Å². The molecule has 1 atom stereocenters. The number of sulfonamides is 1. The second-order valence-corrected chi connectivity index (χ2v) is 10.7. The van der Waals surface area contributed by atoms with E-state index in [2.05, 4.69) is 15.4 Å². The number of benzene rings is 1. The predicted molar refractivity (Wildman–Crippen MR) is 130 cm³/mol. The van der Waals surface area contributed by atoms with Gasteiger partial charge in [0.05, 0.1) is 28.8 Å². The number of methoxy groups -OCH3 is 1. The first-order valence-corrected chi connectivity index (χ1v) is 12.5. The first-order chi connectivity index (χ1) is 15.6. The first-order valence-electron chi connectivity index (χ1n) is 10.2. The Kier molecular flexibility index (Phi) is 5.89. The molecule has 2 heterocycles. The third kappa shape index (κ3) is 4.31. The van der Waals surface area contributed by atoms with Crippen molar-refractivity contribution in [1.82, 2.24) is 10.0 Å². The molecular formula is C23H24N4O4S2. The van der Waals surface area contributed by atoms with Crippen molar-refractivity contribution in [1.29, 1.82) is 0 Å². The van der Waals surface area contributed by atoms with E-state index < -0.39 is 21.5 Å². The number of ether oxygens (including phenoxy) is 1. The predicted octanol–water partition coefficient (Wildman–Crippen LogP) is 3.60. The number of esters is 1. The molecule has 33 heavy (non-hydrogen) atoms. The zero-order chi connectivity index (χ0) is 23.8. The molecule has 2 aromatic rings. The minimum absolute atomic E-state index is 0.121. The van der Waals surface area contributed by atoms with Gasteiger partial charge in [-0.2, -0.15) is 0 Å². The number of thiophene rings is 1. The van der Waals surface area contributed by atoms with Crippen molar-refractivity contribution in [2.24, 2.45) is 4.99 Å². The van der Waals surface area contributed by atoms with Crippen LogP contribution in [0.25, 0.3) is 0 Å². The summed E-state index contributed by atoms with van der Waals surface area (Å²) in [6.45, 7) is 5.65. The van der Waals surface area contributed by atoms with E-state index in [1.165, 1.54) is 30.6 Å². The molecule has 3 N–H and O–H groups in total. The Labute approximate surface area is 196 Å². The van der Waals surface area contributed by atoms with E-state index in [0.717, 1.165) is 10.4 Å². The number of aryl methyl sites for hydroxylation is 1. The summed E-state index contributed by atoms with van der Waals surface area (Å²) >= 11 is 1.37. The highest BCUT2D eigenvalue weighted by Gasteiger charge is 2.35. The number of nitrogens with zero attached hydrogens (tertiary/aromatic N) is 1. The molecule has 0 radical (unpaired) electrons. The summed E-state index contributed by atoms with van der Waals surface area (Å²) in [6.07, 6.45) is 7.48. The van der Waals surface area contributed by atoms with Gasteiger partial charge in [-0.25, -0.2) is 18.2 Å². The molecule has 1 aliphatic heterocycles. The summed E-state index contributed by atoms with van der Waals surface area (Å²) in [5.41, 5.74) is 1.18. The van der Waals surface area contributed by atoms with Gasteiger partial charge in [-0.15, -0.1) is 11.3 Å². The molecule has 0 saturated heterocycles. The number of nitrogens with one attached hydrogen (secondary N) is 3. The van der Waals surface area contributed by atoms with E-state index in [9.17, 15) is 13.2 Å². The molecule has 4 rings (SSSR count). The number of anilines is 1. The fraction of sp³-hybridized carbons (Fsp3) is 0.217. The quantitative estimate of drug-likeness (QED) is 0.541. The summed E-state index contributed by atoms with van der Waals surface area (Å²) in [6, 6.07) is 8.08. The van der Waals surface area contributed by atoms with Gasteiger partial charge in [-0.05, 0) is 44.5 Å². The SMILES string of the molecule is COC(=O)c1c(NC2=C(NS(=O)(=O)c3ccccc3)NC3(C)C=CC=CC3=N2)sc(C)c1C. The second kappa shape index (κ2) is 8.53. The van der Waals surface area contributed by atoms with Crippen LogP contribution in [0, 0.1) is 13.8 Å². The molecule has 0 amide bonds. The van der Waals surface area contributed by atoms with Crippen LogP contribution >= 0.6 is 11.3 Å². The number of aliphatic imine (C=N–C) groups is 1. The van der Waals surface area contributed by atoms with Crippen LogP contribution in [-0.4, -0.2) is 32.7 Å². The van der Waals surface area contributed by atoms with Gasteiger partial charge in [0, 0.05) is 4.88 Å². The van der Waals surface area contributed by atoms with Crippen LogP contribution in [0.3, 0.4) is 0 Å². The monoisotopic (exact) mass is 484 g/mol. The van der Waals surface area contributed by atoms with Crippen LogP contribution < -0.4 is 15.4 Å². The number of carbonyl (C=O) groups excluding carboxylic acids is 1. The number of hydrogen-bond donors (Lipinski definition) is 3. The third-order valence-electron chi connectivity index (χ3n) is 5.48. The number of fused-ring (bicyclic) bond motifs is 1. The van der Waals surface area contributed by atoms with Crippen LogP contribution in [-0.2, 0) is 14.8 Å². The van der Waals surface area contributed by atoms with Gasteiger partial charge in [0.2, 0.25) is 0 Å². The van der Waals surface area contributed by atoms with Gasteiger partial charge in [-0.3, -0.25) is 4.72 Å². The Morgan fingerprint density at radius 2 is 1.91 bits per heavy atom. The van der Waals surface area contributed by atoms with Crippen molar-refractivity contribution >= 4 is 38.0 Å². The van der Waals surface area contributed by atoms with Crippen molar-refractivity contribution in [3.63, 3.8) is 0 Å². The normalized spacial score (nSPS) is 19.5. The molecule has 0 fully saturated rings. The van der Waals surface area contributed by atoms with Gasteiger partial charge in [0.15, 0.2) is 11.6 Å². The zero-order valence-corrected chi connectivity index (χ0v) is 20.2. The molecule has 1 unspecified atom stereocenters. The highest BCUT2D eigenvalue weighted by atomic mass is 32.2. The molecule has 172 valence electrons. The molecule has 1 aromatic carbocycles. The van der Waals surface area contributed by atoms with E-state index in [1.807, 2.05) is 45.1 Å². The fourth-order valence-corrected chi connectivity index (χ4v) is 5.63. The van der Waals surface area contributed by atoms with Crippen LogP contribution in [0.5, 0.6) is 0 Å². The fourth-order valence-electron chi connectivity index (χ4n) is 3.54. The molecule has 10 heteroatoms. The highest BCUT2D eigenvalue weighted by molar-refractivity contribution is 7.89. The second-order valence-electron chi connectivity index (χ2n) is 7.79. The lowest BCUT2D eigenvalue weighted by atomic mass is 9.90. The minimum Gasteiger partial charge on any atom is -0.465 e. The maximum absolute atomic E-state index is 13.1. The van der Waals surface area contributed by atoms with Crippen molar-refractivity contribution < 1.29 is 17.9 Å². The Hall–Kier alpha value is -3.37. The number of carbonyl (C=O) groups is 1. The molecule has 0 bridgehead atoms. The Balaban J connectivity index is 1.81. The topological polar surface area (TPSA) is 109 Å². The van der Waals surface area contributed by atoms with E-state index in [1.54, 1.807) is 18.2 Å². The van der Waals surface area contributed by atoms with Crippen molar-refractivity contribution in [2.75, 3.05) is 12.4 Å². The molecule has 0 spiro atoms. The van der Waals surface area contributed by atoms with Crippen molar-refractivity contribution in [3.8, 4) is 0 Å². The van der Waals surface area contributed by atoms with Crippen LogP contribution in [0.4, 0.5) is 5.00 Å². The van der Waals surface area contributed by atoms with Gasteiger partial charge in [0.25, 0.3) is 10.0 Å². The van der Waals surface area contributed by atoms with Crippen LogP contribution in [0.2, 0.25) is 0 Å². The largest absolute Gasteiger partial charge is 0.465 e. The smallest absolute Gasteiger partial charge is 0.341 e.